The van der Waals surface area contributed by atoms with Crippen LogP contribution < -0.4 is 10.6 Å². The van der Waals surface area contributed by atoms with Crippen LogP contribution in [0, 0.1) is 11.3 Å². The topological polar surface area (TPSA) is 64.9 Å². The summed E-state index contributed by atoms with van der Waals surface area (Å²) in [5.74, 6) is -0.0273. The SMILES string of the molecule is CC(C)(C)NC(=O)CCNc1cc(Cl)ccc1C#N. The molecule has 0 unspecified atom stereocenters. The molecule has 0 radical (unpaired) electrons. The molecule has 5 heteroatoms. The van der Waals surface area contributed by atoms with Gasteiger partial charge in [0, 0.05) is 23.5 Å². The van der Waals surface area contributed by atoms with E-state index in [0.717, 1.165) is 0 Å². The molecule has 2 N–H and O–H groups in total. The molecule has 1 rings (SSSR count). The van der Waals surface area contributed by atoms with Crippen molar-refractivity contribution in [1.82, 2.24) is 5.32 Å². The number of anilines is 1. The van der Waals surface area contributed by atoms with E-state index < -0.39 is 0 Å². The molecule has 0 aliphatic rings. The summed E-state index contributed by atoms with van der Waals surface area (Å²) in [5, 5.41) is 15.4. The van der Waals surface area contributed by atoms with Crippen molar-refractivity contribution in [2.45, 2.75) is 32.7 Å². The number of hydrogen-bond acceptors (Lipinski definition) is 3. The van der Waals surface area contributed by atoms with E-state index >= 15 is 0 Å². The highest BCUT2D eigenvalue weighted by molar-refractivity contribution is 6.30. The molecule has 0 saturated carbocycles. The summed E-state index contributed by atoms with van der Waals surface area (Å²) in [4.78, 5) is 11.6. The van der Waals surface area contributed by atoms with Gasteiger partial charge >= 0.3 is 0 Å². The van der Waals surface area contributed by atoms with Gasteiger partial charge in [-0.25, -0.2) is 0 Å². The molecular weight excluding hydrogens is 262 g/mol. The smallest absolute Gasteiger partial charge is 0.222 e. The van der Waals surface area contributed by atoms with Crippen LogP contribution in [0.25, 0.3) is 0 Å². The summed E-state index contributed by atoms with van der Waals surface area (Å²) in [5.41, 5.74) is 0.935. The molecule has 102 valence electrons. The first-order valence-corrected chi connectivity index (χ1v) is 6.44. The molecule has 0 bridgehead atoms. The van der Waals surface area contributed by atoms with Gasteiger partial charge in [-0.3, -0.25) is 4.79 Å². The number of carbonyl (C=O) groups is 1. The highest BCUT2D eigenvalue weighted by atomic mass is 35.5. The average Bonchev–Trinajstić information content (AvgIpc) is 2.27. The molecule has 4 nitrogen and oxygen atoms in total. The van der Waals surface area contributed by atoms with E-state index in [2.05, 4.69) is 16.7 Å². The highest BCUT2D eigenvalue weighted by Gasteiger charge is 2.13. The number of hydrogen-bond donors (Lipinski definition) is 2. The van der Waals surface area contributed by atoms with Gasteiger partial charge in [-0.05, 0) is 39.0 Å². The molecule has 1 aromatic rings. The normalized spacial score (nSPS) is 10.7. The summed E-state index contributed by atoms with van der Waals surface area (Å²) in [7, 11) is 0. The third-order valence-electron chi connectivity index (χ3n) is 2.28. The Labute approximate surface area is 118 Å². The van der Waals surface area contributed by atoms with E-state index in [1.165, 1.54) is 0 Å². The van der Waals surface area contributed by atoms with Crippen LogP contribution in [0.3, 0.4) is 0 Å². The van der Waals surface area contributed by atoms with Crippen LogP contribution in [0.15, 0.2) is 18.2 Å². The fourth-order valence-electron chi connectivity index (χ4n) is 1.55. The van der Waals surface area contributed by atoms with Gasteiger partial charge < -0.3 is 10.6 Å². The van der Waals surface area contributed by atoms with Gasteiger partial charge in [0.05, 0.1) is 11.3 Å². The van der Waals surface area contributed by atoms with Crippen molar-refractivity contribution in [3.05, 3.63) is 28.8 Å². The number of amides is 1. The van der Waals surface area contributed by atoms with Crippen molar-refractivity contribution >= 4 is 23.2 Å². The van der Waals surface area contributed by atoms with Crippen molar-refractivity contribution in [3.63, 3.8) is 0 Å². The lowest BCUT2D eigenvalue weighted by Gasteiger charge is -2.20. The largest absolute Gasteiger partial charge is 0.383 e. The average molecular weight is 280 g/mol. The number of benzene rings is 1. The van der Waals surface area contributed by atoms with Crippen LogP contribution >= 0.6 is 11.6 Å². The van der Waals surface area contributed by atoms with Crippen molar-refractivity contribution in [1.29, 1.82) is 5.26 Å². The van der Waals surface area contributed by atoms with Gasteiger partial charge in [-0.1, -0.05) is 11.6 Å². The second kappa shape index (κ2) is 6.44. The minimum absolute atomic E-state index is 0.0273. The van der Waals surface area contributed by atoms with Crippen LogP contribution in [0.1, 0.15) is 32.8 Å². The Balaban J connectivity index is 2.52. The van der Waals surface area contributed by atoms with Crippen LogP contribution in [0.2, 0.25) is 5.02 Å². The zero-order valence-corrected chi connectivity index (χ0v) is 12.1. The van der Waals surface area contributed by atoms with Crippen molar-refractivity contribution in [2.24, 2.45) is 0 Å². The van der Waals surface area contributed by atoms with Crippen LogP contribution in [-0.2, 0) is 4.79 Å². The lowest BCUT2D eigenvalue weighted by Crippen LogP contribution is -2.41. The first-order chi connectivity index (χ1) is 8.81. The van der Waals surface area contributed by atoms with Crippen LogP contribution in [-0.4, -0.2) is 18.0 Å². The molecule has 1 amide bonds. The minimum Gasteiger partial charge on any atom is -0.383 e. The third kappa shape index (κ3) is 5.62. The lowest BCUT2D eigenvalue weighted by atomic mass is 10.1. The predicted octanol–water partition coefficient (Wildman–Crippen LogP) is 2.93. The van der Waals surface area contributed by atoms with Gasteiger partial charge in [-0.15, -0.1) is 0 Å². The minimum atomic E-state index is -0.231. The van der Waals surface area contributed by atoms with E-state index in [4.69, 9.17) is 16.9 Å². The number of nitriles is 1. The summed E-state index contributed by atoms with van der Waals surface area (Å²) in [6.07, 6.45) is 0.342. The third-order valence-corrected chi connectivity index (χ3v) is 2.52. The first-order valence-electron chi connectivity index (χ1n) is 6.06. The second-order valence-electron chi connectivity index (χ2n) is 5.28. The Morgan fingerprint density at radius 2 is 2.11 bits per heavy atom. The maximum Gasteiger partial charge on any atom is 0.222 e. The van der Waals surface area contributed by atoms with E-state index in [0.29, 0.717) is 29.2 Å². The molecular formula is C14H18ClN3O. The Morgan fingerprint density at radius 3 is 2.68 bits per heavy atom. The summed E-state index contributed by atoms with van der Waals surface area (Å²) in [6, 6.07) is 7.08. The van der Waals surface area contributed by atoms with Gasteiger partial charge in [0.2, 0.25) is 5.91 Å². The predicted molar refractivity (Wildman–Crippen MR) is 77.2 cm³/mol. The Hall–Kier alpha value is -1.73. The molecule has 0 fully saturated rings. The lowest BCUT2D eigenvalue weighted by molar-refractivity contribution is -0.122. The summed E-state index contributed by atoms with van der Waals surface area (Å²) < 4.78 is 0. The number of halogens is 1. The molecule has 0 saturated heterocycles. The highest BCUT2D eigenvalue weighted by Crippen LogP contribution is 2.20. The fraction of sp³-hybridized carbons (Fsp3) is 0.429. The van der Waals surface area contributed by atoms with Gasteiger partial charge in [-0.2, -0.15) is 5.26 Å². The summed E-state index contributed by atoms with van der Waals surface area (Å²) >= 11 is 5.87. The van der Waals surface area contributed by atoms with E-state index in [1.807, 2.05) is 20.8 Å². The van der Waals surface area contributed by atoms with Gasteiger partial charge in [0.25, 0.3) is 0 Å². The maximum atomic E-state index is 11.6. The number of nitrogens with zero attached hydrogens (tertiary/aromatic N) is 1. The quantitative estimate of drug-likeness (QED) is 0.891. The summed E-state index contributed by atoms with van der Waals surface area (Å²) in [6.45, 7) is 6.26. The molecule has 0 spiro atoms. The maximum absolute atomic E-state index is 11.6. The van der Waals surface area contributed by atoms with E-state index in [-0.39, 0.29) is 11.4 Å². The van der Waals surface area contributed by atoms with Crippen molar-refractivity contribution in [2.75, 3.05) is 11.9 Å². The van der Waals surface area contributed by atoms with Crippen molar-refractivity contribution in [3.8, 4) is 6.07 Å². The monoisotopic (exact) mass is 279 g/mol. The Morgan fingerprint density at radius 1 is 1.42 bits per heavy atom. The molecule has 19 heavy (non-hydrogen) atoms. The van der Waals surface area contributed by atoms with Gasteiger partial charge in [0.1, 0.15) is 6.07 Å². The second-order valence-corrected chi connectivity index (χ2v) is 5.71. The zero-order valence-electron chi connectivity index (χ0n) is 11.4. The Bertz CT molecular complexity index is 500. The van der Waals surface area contributed by atoms with Crippen molar-refractivity contribution < 1.29 is 4.79 Å². The van der Waals surface area contributed by atoms with E-state index in [9.17, 15) is 4.79 Å². The number of carbonyl (C=O) groups excluding carboxylic acids is 1. The molecule has 0 aliphatic carbocycles. The number of nitrogens with one attached hydrogen (secondary N) is 2. The standard InChI is InChI=1S/C14H18ClN3O/c1-14(2,3)18-13(19)6-7-17-12-8-11(15)5-4-10(12)9-16/h4-5,8,17H,6-7H2,1-3H3,(H,18,19). The van der Waals surface area contributed by atoms with Crippen LogP contribution in [0.5, 0.6) is 0 Å². The first kappa shape index (κ1) is 15.3. The molecule has 0 heterocycles. The zero-order chi connectivity index (χ0) is 14.5. The molecule has 1 aromatic carbocycles. The number of rotatable bonds is 4. The van der Waals surface area contributed by atoms with Gasteiger partial charge in [0.15, 0.2) is 0 Å². The molecule has 0 atom stereocenters. The fourth-order valence-corrected chi connectivity index (χ4v) is 1.72. The van der Waals surface area contributed by atoms with Crippen LogP contribution in [0.4, 0.5) is 5.69 Å². The molecule has 0 aromatic heterocycles. The molecule has 0 aliphatic heterocycles. The van der Waals surface area contributed by atoms with E-state index in [1.54, 1.807) is 18.2 Å². The Kier molecular flexibility index (Phi) is 5.20.